The van der Waals surface area contributed by atoms with Crippen molar-refractivity contribution in [3.05, 3.63) is 86.6 Å². The van der Waals surface area contributed by atoms with Crippen molar-refractivity contribution in [1.29, 1.82) is 0 Å². The summed E-state index contributed by atoms with van der Waals surface area (Å²) in [6.07, 6.45) is 0. The number of aromatic nitrogens is 5. The maximum absolute atomic E-state index is 13.2. The molecule has 0 aliphatic carbocycles. The van der Waals surface area contributed by atoms with E-state index in [-0.39, 0.29) is 23.8 Å². The number of ether oxygens (including phenoxy) is 1. The number of benzene rings is 2. The highest BCUT2D eigenvalue weighted by Crippen LogP contribution is 2.13. The third-order valence-corrected chi connectivity index (χ3v) is 4.67. The maximum atomic E-state index is 13.2. The minimum absolute atomic E-state index is 0.170. The predicted octanol–water partition coefficient (Wildman–Crippen LogP) is 1.06. The molecule has 0 saturated carbocycles. The summed E-state index contributed by atoms with van der Waals surface area (Å²) in [6.45, 7) is 0.170. The molecule has 2 heterocycles. The summed E-state index contributed by atoms with van der Waals surface area (Å²) in [5.41, 5.74) is -0.864. The first-order chi connectivity index (χ1) is 15.9. The Morgan fingerprint density at radius 2 is 1.94 bits per heavy atom. The zero-order chi connectivity index (χ0) is 23.5. The van der Waals surface area contributed by atoms with E-state index in [9.17, 15) is 18.8 Å². The molecule has 4 aromatic rings. The first-order valence-electron chi connectivity index (χ1n) is 9.59. The number of methoxy groups -OCH3 is 1. The molecule has 0 radical (unpaired) electrons. The van der Waals surface area contributed by atoms with Crippen molar-refractivity contribution in [2.45, 2.75) is 6.54 Å². The zero-order valence-corrected chi connectivity index (χ0v) is 17.5. The molecule has 11 nitrogen and oxygen atoms in total. The highest BCUT2D eigenvalue weighted by Gasteiger charge is 2.22. The van der Waals surface area contributed by atoms with E-state index in [4.69, 9.17) is 9.26 Å². The number of halogens is 1. The first-order valence-corrected chi connectivity index (χ1v) is 9.59. The van der Waals surface area contributed by atoms with Crippen molar-refractivity contribution < 1.29 is 18.4 Å². The predicted molar refractivity (Wildman–Crippen MR) is 112 cm³/mol. The molecule has 2 aromatic carbocycles. The Morgan fingerprint density at radius 3 is 2.67 bits per heavy atom. The monoisotopic (exact) mass is 452 g/mol. The summed E-state index contributed by atoms with van der Waals surface area (Å²) in [5, 5.41) is 10.3. The fourth-order valence-electron chi connectivity index (χ4n) is 2.92. The van der Waals surface area contributed by atoms with Gasteiger partial charge in [0.05, 0.1) is 12.8 Å². The van der Waals surface area contributed by atoms with Crippen LogP contribution in [0.3, 0.4) is 0 Å². The molecule has 0 spiro atoms. The third kappa shape index (κ3) is 4.39. The number of hydrogen-bond donors (Lipinski definition) is 1. The second-order valence-electron chi connectivity index (χ2n) is 6.84. The van der Waals surface area contributed by atoms with E-state index in [0.717, 1.165) is 26.9 Å². The molecular weight excluding hydrogens is 435 g/mol. The molecule has 0 atom stereocenters. The van der Waals surface area contributed by atoms with Crippen LogP contribution in [0.4, 0.5) is 4.39 Å². The van der Waals surface area contributed by atoms with E-state index in [0.29, 0.717) is 5.75 Å². The lowest BCUT2D eigenvalue weighted by molar-refractivity contribution is 0.0907. The van der Waals surface area contributed by atoms with Crippen LogP contribution in [0.2, 0.25) is 0 Å². The van der Waals surface area contributed by atoms with Crippen LogP contribution in [0.15, 0.2) is 62.6 Å². The topological polar surface area (TPSA) is 134 Å². The minimum Gasteiger partial charge on any atom is -0.497 e. The number of nitrogens with zero attached hydrogens (tertiary/aromatic N) is 5. The SMILES string of the molecule is COc1cccc(CNC(=O)c2nc(-c3nn(-c4ccc(F)cc4)c(=O)n(C)c3=O)no2)c1. The van der Waals surface area contributed by atoms with E-state index < -0.39 is 28.9 Å². The lowest BCUT2D eigenvalue weighted by atomic mass is 10.2. The van der Waals surface area contributed by atoms with Gasteiger partial charge in [0.25, 0.3) is 5.56 Å². The van der Waals surface area contributed by atoms with Gasteiger partial charge in [-0.2, -0.15) is 14.8 Å². The van der Waals surface area contributed by atoms with Gasteiger partial charge in [-0.3, -0.25) is 14.2 Å². The van der Waals surface area contributed by atoms with Crippen LogP contribution >= 0.6 is 0 Å². The van der Waals surface area contributed by atoms with Crippen LogP contribution in [0, 0.1) is 5.82 Å². The molecule has 2 aromatic heterocycles. The highest BCUT2D eigenvalue weighted by atomic mass is 19.1. The van der Waals surface area contributed by atoms with Crippen molar-refractivity contribution in [3.8, 4) is 23.0 Å². The second-order valence-corrected chi connectivity index (χ2v) is 6.84. The van der Waals surface area contributed by atoms with Gasteiger partial charge < -0.3 is 14.6 Å². The van der Waals surface area contributed by atoms with Gasteiger partial charge >= 0.3 is 17.5 Å². The van der Waals surface area contributed by atoms with E-state index in [1.165, 1.54) is 26.3 Å². The van der Waals surface area contributed by atoms with E-state index in [2.05, 4.69) is 20.6 Å². The average molecular weight is 452 g/mol. The van der Waals surface area contributed by atoms with Crippen LogP contribution in [-0.4, -0.2) is 37.5 Å². The van der Waals surface area contributed by atoms with Crippen LogP contribution in [0.25, 0.3) is 17.2 Å². The molecule has 33 heavy (non-hydrogen) atoms. The largest absolute Gasteiger partial charge is 0.497 e. The number of hydrogen-bond acceptors (Lipinski definition) is 8. The summed E-state index contributed by atoms with van der Waals surface area (Å²) < 4.78 is 25.1. The molecule has 0 unspecified atom stereocenters. The fourth-order valence-corrected chi connectivity index (χ4v) is 2.92. The van der Waals surface area contributed by atoms with Crippen LogP contribution in [-0.2, 0) is 13.6 Å². The Kier molecular flexibility index (Phi) is 5.81. The quantitative estimate of drug-likeness (QED) is 0.459. The molecule has 0 aliphatic rings. The van der Waals surface area contributed by atoms with Crippen LogP contribution in [0.1, 0.15) is 16.2 Å². The summed E-state index contributed by atoms with van der Waals surface area (Å²) >= 11 is 0. The number of carbonyl (C=O) groups is 1. The summed E-state index contributed by atoms with van der Waals surface area (Å²) in [5.74, 6) is -1.20. The van der Waals surface area contributed by atoms with Crippen LogP contribution < -0.4 is 21.3 Å². The molecule has 4 rings (SSSR count). The lowest BCUT2D eigenvalue weighted by Gasteiger charge is -2.07. The van der Waals surface area contributed by atoms with E-state index in [1.807, 2.05) is 0 Å². The maximum Gasteiger partial charge on any atom is 0.351 e. The summed E-state index contributed by atoms with van der Waals surface area (Å²) in [7, 11) is 2.78. The molecule has 1 amide bonds. The zero-order valence-electron chi connectivity index (χ0n) is 17.5. The van der Waals surface area contributed by atoms with Gasteiger partial charge in [0.1, 0.15) is 11.6 Å². The Balaban J connectivity index is 1.61. The highest BCUT2D eigenvalue weighted by molar-refractivity contribution is 5.89. The molecule has 0 bridgehead atoms. The molecule has 1 N–H and O–H groups in total. The molecule has 12 heteroatoms. The lowest BCUT2D eigenvalue weighted by Crippen LogP contribution is -2.40. The molecule has 0 fully saturated rings. The van der Waals surface area contributed by atoms with E-state index >= 15 is 0 Å². The van der Waals surface area contributed by atoms with Crippen molar-refractivity contribution in [3.63, 3.8) is 0 Å². The summed E-state index contributed by atoms with van der Waals surface area (Å²) in [6, 6.07) is 12.1. The van der Waals surface area contributed by atoms with Crippen molar-refractivity contribution in [2.24, 2.45) is 7.05 Å². The molecule has 0 aliphatic heterocycles. The smallest absolute Gasteiger partial charge is 0.351 e. The Labute approximate surface area is 185 Å². The van der Waals surface area contributed by atoms with Gasteiger partial charge in [-0.15, -0.1) is 0 Å². The van der Waals surface area contributed by atoms with E-state index in [1.54, 1.807) is 24.3 Å². The number of nitrogens with one attached hydrogen (secondary N) is 1. The van der Waals surface area contributed by atoms with Crippen molar-refractivity contribution in [2.75, 3.05) is 7.11 Å². The van der Waals surface area contributed by atoms with Gasteiger partial charge in [0.15, 0.2) is 5.69 Å². The van der Waals surface area contributed by atoms with Crippen molar-refractivity contribution in [1.82, 2.24) is 29.8 Å². The van der Waals surface area contributed by atoms with Gasteiger partial charge in [0.2, 0.25) is 5.82 Å². The van der Waals surface area contributed by atoms with Crippen LogP contribution in [0.5, 0.6) is 5.75 Å². The van der Waals surface area contributed by atoms with Gasteiger partial charge in [-0.1, -0.05) is 17.3 Å². The third-order valence-electron chi connectivity index (χ3n) is 4.67. The number of amides is 1. The van der Waals surface area contributed by atoms with Gasteiger partial charge in [-0.05, 0) is 42.0 Å². The first kappa shape index (κ1) is 21.6. The minimum atomic E-state index is -0.789. The summed E-state index contributed by atoms with van der Waals surface area (Å²) in [4.78, 5) is 41.4. The van der Waals surface area contributed by atoms with Crippen molar-refractivity contribution >= 4 is 5.91 Å². The Hall–Kier alpha value is -4.61. The normalized spacial score (nSPS) is 10.8. The number of carbonyl (C=O) groups excluding carboxylic acids is 1. The van der Waals surface area contributed by atoms with Gasteiger partial charge in [-0.25, -0.2) is 9.18 Å². The number of rotatable bonds is 6. The second kappa shape index (κ2) is 8.86. The fraction of sp³-hybridized carbons (Fsp3) is 0.143. The Morgan fingerprint density at radius 1 is 1.18 bits per heavy atom. The van der Waals surface area contributed by atoms with Gasteiger partial charge in [0, 0.05) is 13.6 Å². The molecule has 168 valence electrons. The Bertz CT molecular complexity index is 1440. The standard InChI is InChI=1S/C21H17FN6O5/c1-27-20(30)16(25-28(21(27)31)14-8-6-13(22)7-9-14)17-24-19(33-26-17)18(29)23-11-12-4-3-5-15(10-12)32-2/h3-10H,11H2,1-2H3,(H,23,29). The molecule has 0 saturated heterocycles. The molecular formula is C21H17FN6O5. The average Bonchev–Trinajstić information content (AvgIpc) is 3.32.